The van der Waals surface area contributed by atoms with E-state index in [1.807, 2.05) is 11.0 Å². The van der Waals surface area contributed by atoms with Crippen LogP contribution >= 0.6 is 0 Å². The van der Waals surface area contributed by atoms with E-state index in [-0.39, 0.29) is 12.5 Å². The normalized spacial score (nSPS) is 14.6. The molecule has 0 spiro atoms. The van der Waals surface area contributed by atoms with Gasteiger partial charge in [-0.25, -0.2) is 4.79 Å². The lowest BCUT2D eigenvalue weighted by molar-refractivity contribution is -0.134. The van der Waals surface area contributed by atoms with Crippen LogP contribution in [0.1, 0.15) is 28.8 Å². The Labute approximate surface area is 159 Å². The molecule has 0 radical (unpaired) electrons. The number of esters is 1. The quantitative estimate of drug-likeness (QED) is 0.735. The number of nitrogens with zero attached hydrogens (tertiary/aromatic N) is 1. The molecule has 5 nitrogen and oxygen atoms in total. The van der Waals surface area contributed by atoms with Crippen molar-refractivity contribution in [3.05, 3.63) is 65.7 Å². The molecule has 1 aliphatic heterocycles. The first-order valence-electron chi connectivity index (χ1n) is 9.29. The van der Waals surface area contributed by atoms with Crippen LogP contribution in [0.3, 0.4) is 0 Å². The van der Waals surface area contributed by atoms with Crippen LogP contribution in [-0.4, -0.2) is 43.6 Å². The van der Waals surface area contributed by atoms with Crippen molar-refractivity contribution in [3.63, 3.8) is 0 Å². The van der Waals surface area contributed by atoms with Crippen LogP contribution in [0.25, 0.3) is 0 Å². The van der Waals surface area contributed by atoms with E-state index in [1.165, 1.54) is 12.7 Å². The molecule has 0 aromatic heterocycles. The predicted octanol–water partition coefficient (Wildman–Crippen LogP) is 3.33. The molecule has 1 amide bonds. The molecule has 2 aromatic rings. The van der Waals surface area contributed by atoms with E-state index in [0.717, 1.165) is 32.4 Å². The standard InChI is InChI=1S/C22H25NO4/c1-26-22(25)19-9-5-6-10-20(19)27-16-21(24)23-13-11-18(12-14-23)15-17-7-3-2-4-8-17/h2-10,18H,11-16H2,1H3. The van der Waals surface area contributed by atoms with Crippen LogP contribution in [-0.2, 0) is 16.0 Å². The van der Waals surface area contributed by atoms with E-state index < -0.39 is 5.97 Å². The Bertz CT molecular complexity index is 767. The average molecular weight is 367 g/mol. The molecule has 1 heterocycles. The Morgan fingerprint density at radius 3 is 2.37 bits per heavy atom. The molecular weight excluding hydrogens is 342 g/mol. The number of piperidine rings is 1. The zero-order chi connectivity index (χ0) is 19.1. The number of hydrogen-bond acceptors (Lipinski definition) is 4. The van der Waals surface area contributed by atoms with E-state index in [4.69, 9.17) is 9.47 Å². The van der Waals surface area contributed by atoms with Crippen molar-refractivity contribution >= 4 is 11.9 Å². The Balaban J connectivity index is 1.48. The molecule has 3 rings (SSSR count). The summed E-state index contributed by atoms with van der Waals surface area (Å²) in [6.07, 6.45) is 3.06. The lowest BCUT2D eigenvalue weighted by Crippen LogP contribution is -2.41. The molecule has 0 atom stereocenters. The topological polar surface area (TPSA) is 55.8 Å². The largest absolute Gasteiger partial charge is 0.483 e. The molecule has 5 heteroatoms. The van der Waals surface area contributed by atoms with E-state index in [2.05, 4.69) is 24.3 Å². The van der Waals surface area contributed by atoms with E-state index in [1.54, 1.807) is 24.3 Å². The van der Waals surface area contributed by atoms with Gasteiger partial charge in [-0.15, -0.1) is 0 Å². The first-order valence-corrected chi connectivity index (χ1v) is 9.29. The van der Waals surface area contributed by atoms with Gasteiger partial charge in [-0.2, -0.15) is 0 Å². The number of carbonyl (C=O) groups excluding carboxylic acids is 2. The predicted molar refractivity (Wildman–Crippen MR) is 103 cm³/mol. The van der Waals surface area contributed by atoms with Gasteiger partial charge in [0.25, 0.3) is 5.91 Å². The van der Waals surface area contributed by atoms with Crippen molar-refractivity contribution in [1.82, 2.24) is 4.90 Å². The van der Waals surface area contributed by atoms with E-state index >= 15 is 0 Å². The van der Waals surface area contributed by atoms with Crippen molar-refractivity contribution in [1.29, 1.82) is 0 Å². The first-order chi connectivity index (χ1) is 13.2. The smallest absolute Gasteiger partial charge is 0.341 e. The summed E-state index contributed by atoms with van der Waals surface area (Å²) in [6, 6.07) is 17.3. The number of hydrogen-bond donors (Lipinski definition) is 0. The van der Waals surface area contributed by atoms with Gasteiger partial charge in [0.2, 0.25) is 0 Å². The molecular formula is C22H25NO4. The average Bonchev–Trinajstić information content (AvgIpc) is 2.73. The van der Waals surface area contributed by atoms with Gasteiger partial charge in [-0.05, 0) is 42.9 Å². The second kappa shape index (κ2) is 9.21. The Morgan fingerprint density at radius 2 is 1.67 bits per heavy atom. The summed E-state index contributed by atoms with van der Waals surface area (Å²) in [5.74, 6) is 0.460. The van der Waals surface area contributed by atoms with Crippen LogP contribution in [0.2, 0.25) is 0 Å². The van der Waals surface area contributed by atoms with E-state index in [0.29, 0.717) is 17.2 Å². The molecule has 1 fully saturated rings. The Morgan fingerprint density at radius 1 is 1.00 bits per heavy atom. The maximum Gasteiger partial charge on any atom is 0.341 e. The lowest BCUT2D eigenvalue weighted by atomic mass is 9.90. The molecule has 0 N–H and O–H groups in total. The Hall–Kier alpha value is -2.82. The number of likely N-dealkylation sites (tertiary alicyclic amines) is 1. The summed E-state index contributed by atoms with van der Waals surface area (Å²) in [5.41, 5.74) is 1.68. The van der Waals surface area contributed by atoms with Gasteiger partial charge in [0.15, 0.2) is 6.61 Å². The van der Waals surface area contributed by atoms with Crippen LogP contribution in [0.15, 0.2) is 54.6 Å². The monoisotopic (exact) mass is 367 g/mol. The molecule has 27 heavy (non-hydrogen) atoms. The van der Waals surface area contributed by atoms with Crippen LogP contribution in [0, 0.1) is 5.92 Å². The number of benzene rings is 2. The Kier molecular flexibility index (Phi) is 6.47. The second-order valence-electron chi connectivity index (χ2n) is 6.79. The zero-order valence-corrected chi connectivity index (χ0v) is 15.6. The van der Waals surface area contributed by atoms with Crippen molar-refractivity contribution in [2.45, 2.75) is 19.3 Å². The summed E-state index contributed by atoms with van der Waals surface area (Å²) in [4.78, 5) is 26.1. The number of methoxy groups -OCH3 is 1. The lowest BCUT2D eigenvalue weighted by Gasteiger charge is -2.32. The number of para-hydroxylation sites is 1. The molecule has 142 valence electrons. The number of rotatable bonds is 6. The second-order valence-corrected chi connectivity index (χ2v) is 6.79. The highest BCUT2D eigenvalue weighted by molar-refractivity contribution is 5.92. The van der Waals surface area contributed by atoms with Crippen molar-refractivity contribution in [2.24, 2.45) is 5.92 Å². The van der Waals surface area contributed by atoms with Crippen molar-refractivity contribution in [2.75, 3.05) is 26.8 Å². The summed E-state index contributed by atoms with van der Waals surface area (Å²) in [6.45, 7) is 1.42. The SMILES string of the molecule is COC(=O)c1ccccc1OCC(=O)N1CCC(Cc2ccccc2)CC1. The summed E-state index contributed by atoms with van der Waals surface area (Å²) in [7, 11) is 1.32. The van der Waals surface area contributed by atoms with Gasteiger partial charge in [-0.3, -0.25) is 4.79 Å². The van der Waals surface area contributed by atoms with Crippen molar-refractivity contribution in [3.8, 4) is 5.75 Å². The number of carbonyl (C=O) groups is 2. The third-order valence-electron chi connectivity index (χ3n) is 4.98. The summed E-state index contributed by atoms with van der Waals surface area (Å²) in [5, 5.41) is 0. The van der Waals surface area contributed by atoms with Gasteiger partial charge >= 0.3 is 5.97 Å². The highest BCUT2D eigenvalue weighted by atomic mass is 16.5. The molecule has 0 unspecified atom stereocenters. The van der Waals surface area contributed by atoms with E-state index in [9.17, 15) is 9.59 Å². The molecule has 0 aliphatic carbocycles. The fourth-order valence-electron chi connectivity index (χ4n) is 3.44. The minimum Gasteiger partial charge on any atom is -0.483 e. The van der Waals surface area contributed by atoms with Gasteiger partial charge in [-0.1, -0.05) is 42.5 Å². The third-order valence-corrected chi connectivity index (χ3v) is 4.98. The minimum absolute atomic E-state index is 0.0483. The number of ether oxygens (including phenoxy) is 2. The maximum absolute atomic E-state index is 12.5. The van der Waals surface area contributed by atoms with Gasteiger partial charge < -0.3 is 14.4 Å². The zero-order valence-electron chi connectivity index (χ0n) is 15.6. The molecule has 2 aromatic carbocycles. The highest BCUT2D eigenvalue weighted by Crippen LogP contribution is 2.22. The van der Waals surface area contributed by atoms with Crippen molar-refractivity contribution < 1.29 is 19.1 Å². The van der Waals surface area contributed by atoms with Crippen LogP contribution in [0.5, 0.6) is 5.75 Å². The fraction of sp³-hybridized carbons (Fsp3) is 0.364. The summed E-state index contributed by atoms with van der Waals surface area (Å²) >= 11 is 0. The van der Waals surface area contributed by atoms with Crippen LogP contribution < -0.4 is 4.74 Å². The molecule has 1 aliphatic rings. The molecule has 0 bridgehead atoms. The molecule has 1 saturated heterocycles. The third kappa shape index (κ3) is 5.09. The van der Waals surface area contributed by atoms with Gasteiger partial charge in [0, 0.05) is 13.1 Å². The summed E-state index contributed by atoms with van der Waals surface area (Å²) < 4.78 is 10.4. The van der Waals surface area contributed by atoms with Crippen LogP contribution in [0.4, 0.5) is 0 Å². The number of amides is 1. The maximum atomic E-state index is 12.5. The minimum atomic E-state index is -0.472. The van der Waals surface area contributed by atoms with Gasteiger partial charge in [0.05, 0.1) is 7.11 Å². The molecule has 0 saturated carbocycles. The highest BCUT2D eigenvalue weighted by Gasteiger charge is 2.23. The fourth-order valence-corrected chi connectivity index (χ4v) is 3.44. The van der Waals surface area contributed by atoms with Gasteiger partial charge in [0.1, 0.15) is 11.3 Å². The first kappa shape index (κ1) is 19.0.